The summed E-state index contributed by atoms with van der Waals surface area (Å²) in [6.07, 6.45) is 6.15. The molecule has 0 aliphatic heterocycles. The molecule has 0 amide bonds. The lowest BCUT2D eigenvalue weighted by Crippen LogP contribution is -2.33. The molecule has 0 saturated heterocycles. The number of hydrogen-bond acceptors (Lipinski definition) is 0. The molecule has 1 unspecified atom stereocenters. The van der Waals surface area contributed by atoms with Gasteiger partial charge in [0.1, 0.15) is 0 Å². The lowest BCUT2D eigenvalue weighted by Gasteiger charge is -2.34. The summed E-state index contributed by atoms with van der Waals surface area (Å²) in [4.78, 5) is 0. The van der Waals surface area contributed by atoms with E-state index in [1.165, 1.54) is 36.8 Å². The van der Waals surface area contributed by atoms with Crippen LogP contribution >= 0.6 is 23.2 Å². The van der Waals surface area contributed by atoms with Gasteiger partial charge < -0.3 is 0 Å². The van der Waals surface area contributed by atoms with Gasteiger partial charge in [0.05, 0.1) is 0 Å². The summed E-state index contributed by atoms with van der Waals surface area (Å²) in [6.45, 7) is 6.67. The predicted molar refractivity (Wildman–Crippen MR) is 92.2 cm³/mol. The molecule has 0 N–H and O–H groups in total. The first kappa shape index (κ1) is 17.9. The number of halogens is 2. The normalized spacial score (nSPS) is 13.4. The smallest absolute Gasteiger partial charge is 0.0332 e. The Hall–Kier alpha value is -0.200. The van der Waals surface area contributed by atoms with E-state index in [-0.39, 0.29) is 5.41 Å². The summed E-state index contributed by atoms with van der Waals surface area (Å²) in [5.41, 5.74) is 2.50. The second-order valence-corrected chi connectivity index (χ2v) is 6.57. The van der Waals surface area contributed by atoms with Gasteiger partial charge in [0, 0.05) is 17.2 Å². The van der Waals surface area contributed by atoms with Crippen molar-refractivity contribution in [3.05, 3.63) is 35.4 Å². The Balaban J connectivity index is 2.96. The zero-order valence-corrected chi connectivity index (χ0v) is 14.6. The molecule has 1 aromatic rings. The molecule has 0 saturated carbocycles. The molecule has 0 heterocycles. The van der Waals surface area contributed by atoms with E-state index in [1.807, 2.05) is 0 Å². The Morgan fingerprint density at radius 1 is 1.15 bits per heavy atom. The summed E-state index contributed by atoms with van der Waals surface area (Å²) in [7, 11) is 0. The Morgan fingerprint density at radius 2 is 1.85 bits per heavy atom. The Bertz CT molecular complexity index is 383. The predicted octanol–water partition coefficient (Wildman–Crippen LogP) is 6.32. The maximum atomic E-state index is 6.36. The zero-order valence-electron chi connectivity index (χ0n) is 13.1. The van der Waals surface area contributed by atoms with E-state index < -0.39 is 0 Å². The van der Waals surface area contributed by atoms with Gasteiger partial charge in [-0.05, 0) is 24.8 Å². The Kier molecular flexibility index (Phi) is 7.99. The molecule has 1 rings (SSSR count). The third-order valence-corrected chi connectivity index (χ3v) is 5.39. The van der Waals surface area contributed by atoms with Crippen molar-refractivity contribution in [1.29, 1.82) is 0 Å². The number of hydrogen-bond donors (Lipinski definition) is 0. The highest BCUT2D eigenvalue weighted by molar-refractivity contribution is 6.22. The molecule has 20 heavy (non-hydrogen) atoms. The van der Waals surface area contributed by atoms with E-state index in [0.29, 0.717) is 17.7 Å². The molecular formula is C18H28Cl2. The molecule has 0 aliphatic carbocycles. The standard InChI is InChI=1S/C18H28Cl2/c1-4-6-9-16(5-2)12-18(13-19,14-20)17-10-7-8-15(3)11-17/h7-8,10-11,16H,4-6,9,12-14H2,1-3H3. The van der Waals surface area contributed by atoms with Crippen molar-refractivity contribution in [2.24, 2.45) is 5.92 Å². The monoisotopic (exact) mass is 314 g/mol. The maximum absolute atomic E-state index is 6.36. The molecule has 0 fully saturated rings. The number of alkyl halides is 2. The van der Waals surface area contributed by atoms with Crippen LogP contribution < -0.4 is 0 Å². The highest BCUT2D eigenvalue weighted by Gasteiger charge is 2.33. The average Bonchev–Trinajstić information content (AvgIpc) is 2.48. The van der Waals surface area contributed by atoms with Crippen molar-refractivity contribution in [3.8, 4) is 0 Å². The average molecular weight is 315 g/mol. The van der Waals surface area contributed by atoms with Crippen LogP contribution in [0.15, 0.2) is 24.3 Å². The highest BCUT2D eigenvalue weighted by atomic mass is 35.5. The van der Waals surface area contributed by atoms with Gasteiger partial charge in [-0.2, -0.15) is 0 Å². The molecule has 0 radical (unpaired) electrons. The van der Waals surface area contributed by atoms with E-state index in [1.54, 1.807) is 0 Å². The highest BCUT2D eigenvalue weighted by Crippen LogP contribution is 2.37. The third kappa shape index (κ3) is 4.67. The largest absolute Gasteiger partial charge is 0.126 e. The van der Waals surface area contributed by atoms with Gasteiger partial charge in [-0.25, -0.2) is 0 Å². The molecule has 2 heteroatoms. The Morgan fingerprint density at radius 3 is 2.35 bits per heavy atom. The topological polar surface area (TPSA) is 0 Å². The van der Waals surface area contributed by atoms with Crippen molar-refractivity contribution >= 4 is 23.2 Å². The first-order valence-corrected chi connectivity index (χ1v) is 8.87. The second-order valence-electron chi connectivity index (χ2n) is 6.04. The molecule has 0 aromatic heterocycles. The first-order chi connectivity index (χ1) is 9.61. The Labute approximate surface area is 134 Å². The summed E-state index contributed by atoms with van der Waals surface area (Å²) < 4.78 is 0. The molecular weight excluding hydrogens is 287 g/mol. The minimum atomic E-state index is -0.0798. The fraction of sp³-hybridized carbons (Fsp3) is 0.667. The van der Waals surface area contributed by atoms with E-state index >= 15 is 0 Å². The SMILES string of the molecule is CCCCC(CC)CC(CCl)(CCl)c1cccc(C)c1. The van der Waals surface area contributed by atoms with Crippen LogP contribution in [0.3, 0.4) is 0 Å². The van der Waals surface area contributed by atoms with Crippen LogP contribution in [-0.2, 0) is 5.41 Å². The van der Waals surface area contributed by atoms with Crippen LogP contribution in [0.2, 0.25) is 0 Å². The lowest BCUT2D eigenvalue weighted by atomic mass is 9.74. The van der Waals surface area contributed by atoms with Gasteiger partial charge in [-0.1, -0.05) is 69.4 Å². The van der Waals surface area contributed by atoms with Gasteiger partial charge >= 0.3 is 0 Å². The van der Waals surface area contributed by atoms with E-state index in [9.17, 15) is 0 Å². The number of unbranched alkanes of at least 4 members (excludes halogenated alkanes) is 1. The van der Waals surface area contributed by atoms with Crippen molar-refractivity contribution in [1.82, 2.24) is 0 Å². The number of benzene rings is 1. The van der Waals surface area contributed by atoms with Crippen molar-refractivity contribution < 1.29 is 0 Å². The van der Waals surface area contributed by atoms with Gasteiger partial charge in [0.2, 0.25) is 0 Å². The first-order valence-electron chi connectivity index (χ1n) is 7.81. The van der Waals surface area contributed by atoms with Crippen molar-refractivity contribution in [2.75, 3.05) is 11.8 Å². The zero-order chi connectivity index (χ0) is 15.0. The summed E-state index contributed by atoms with van der Waals surface area (Å²) in [6, 6.07) is 8.68. The maximum Gasteiger partial charge on any atom is 0.0332 e. The van der Waals surface area contributed by atoms with Gasteiger partial charge in [0.25, 0.3) is 0 Å². The quantitative estimate of drug-likeness (QED) is 0.468. The van der Waals surface area contributed by atoms with Crippen LogP contribution in [0.1, 0.15) is 57.1 Å². The van der Waals surface area contributed by atoms with Crippen LogP contribution in [0, 0.1) is 12.8 Å². The van der Waals surface area contributed by atoms with Crippen molar-refractivity contribution in [2.45, 2.75) is 58.3 Å². The molecule has 0 aliphatic rings. The number of rotatable bonds is 9. The second kappa shape index (κ2) is 8.95. The van der Waals surface area contributed by atoms with Crippen molar-refractivity contribution in [3.63, 3.8) is 0 Å². The van der Waals surface area contributed by atoms with Gasteiger partial charge in [0.15, 0.2) is 0 Å². The lowest BCUT2D eigenvalue weighted by molar-refractivity contribution is 0.333. The fourth-order valence-corrected chi connectivity index (χ4v) is 3.70. The van der Waals surface area contributed by atoms with Crippen LogP contribution in [0.5, 0.6) is 0 Å². The molecule has 1 atom stereocenters. The van der Waals surface area contributed by atoms with Gasteiger partial charge in [-0.15, -0.1) is 23.2 Å². The van der Waals surface area contributed by atoms with E-state index in [4.69, 9.17) is 23.2 Å². The molecule has 0 bridgehead atoms. The van der Waals surface area contributed by atoms with E-state index in [2.05, 4.69) is 45.0 Å². The van der Waals surface area contributed by atoms with Crippen LogP contribution in [-0.4, -0.2) is 11.8 Å². The molecule has 114 valence electrons. The molecule has 0 spiro atoms. The molecule has 0 nitrogen and oxygen atoms in total. The van der Waals surface area contributed by atoms with Crippen LogP contribution in [0.25, 0.3) is 0 Å². The van der Waals surface area contributed by atoms with Gasteiger partial charge in [-0.3, -0.25) is 0 Å². The number of aryl methyl sites for hydroxylation is 1. The summed E-state index contributed by atoms with van der Waals surface area (Å²) >= 11 is 12.7. The van der Waals surface area contributed by atoms with Crippen LogP contribution in [0.4, 0.5) is 0 Å². The fourth-order valence-electron chi connectivity index (χ4n) is 2.89. The van der Waals surface area contributed by atoms with E-state index in [0.717, 1.165) is 6.42 Å². The third-order valence-electron chi connectivity index (χ3n) is 4.36. The molecule has 1 aromatic carbocycles. The minimum absolute atomic E-state index is 0.0798. The summed E-state index contributed by atoms with van der Waals surface area (Å²) in [5.74, 6) is 1.92. The summed E-state index contributed by atoms with van der Waals surface area (Å²) in [5, 5.41) is 0. The minimum Gasteiger partial charge on any atom is -0.126 e.